The molecule has 3 heterocycles. The highest BCUT2D eigenvalue weighted by molar-refractivity contribution is 5.77. The van der Waals surface area contributed by atoms with Gasteiger partial charge in [0.1, 0.15) is 6.10 Å². The molecule has 28 heavy (non-hydrogen) atoms. The van der Waals surface area contributed by atoms with Crippen LogP contribution < -0.4 is 0 Å². The van der Waals surface area contributed by atoms with Crippen molar-refractivity contribution in [3.05, 3.63) is 0 Å². The van der Waals surface area contributed by atoms with Gasteiger partial charge in [0, 0.05) is 36.9 Å². The largest absolute Gasteiger partial charge is 0.462 e. The van der Waals surface area contributed by atoms with E-state index in [1.165, 1.54) is 0 Å². The Labute approximate surface area is 166 Å². The van der Waals surface area contributed by atoms with Crippen molar-refractivity contribution in [1.29, 1.82) is 0 Å². The molecule has 0 aromatic heterocycles. The lowest BCUT2D eigenvalue weighted by Crippen LogP contribution is -2.76. The average Bonchev–Trinajstić information content (AvgIpc) is 2.73. The Hall–Kier alpha value is -0.690. The van der Waals surface area contributed by atoms with Crippen LogP contribution in [0.4, 0.5) is 0 Å². The third-order valence-corrected chi connectivity index (χ3v) is 10.1. The molecule has 9 bridgehead atoms. The van der Waals surface area contributed by atoms with Gasteiger partial charge in [-0.2, -0.15) is 0 Å². The molecule has 4 aliphatic carbocycles. The Balaban J connectivity index is 1.66. The fraction of sp³-hybridized carbons (Fsp3) is 0.955. The number of esters is 1. The summed E-state index contributed by atoms with van der Waals surface area (Å²) in [7, 11) is 1.79. The molecule has 7 aliphatic rings. The van der Waals surface area contributed by atoms with E-state index in [4.69, 9.17) is 9.47 Å². The van der Waals surface area contributed by atoms with Crippen molar-refractivity contribution < 1.29 is 24.5 Å². The van der Waals surface area contributed by atoms with E-state index in [0.29, 0.717) is 12.8 Å². The summed E-state index contributed by atoms with van der Waals surface area (Å²) in [5.41, 5.74) is -1.46. The average molecular weight is 392 g/mol. The zero-order chi connectivity index (χ0) is 19.6. The van der Waals surface area contributed by atoms with Gasteiger partial charge in [-0.1, -0.05) is 13.8 Å². The predicted octanol–water partition coefficient (Wildman–Crippen LogP) is 1.19. The highest BCUT2D eigenvalue weighted by atomic mass is 16.5. The first kappa shape index (κ1) is 18.1. The molecule has 0 amide bonds. The summed E-state index contributed by atoms with van der Waals surface area (Å²) in [4.78, 5) is 15.6. The maximum atomic E-state index is 13.1. The van der Waals surface area contributed by atoms with E-state index in [0.717, 1.165) is 32.4 Å². The zero-order valence-corrected chi connectivity index (χ0v) is 17.1. The Morgan fingerprint density at radius 2 is 2.11 bits per heavy atom. The topological polar surface area (TPSA) is 79.2 Å². The van der Waals surface area contributed by atoms with Crippen LogP contribution in [0.1, 0.15) is 46.0 Å². The van der Waals surface area contributed by atoms with Gasteiger partial charge in [-0.15, -0.1) is 0 Å². The molecule has 5 unspecified atom stereocenters. The molecule has 7 rings (SSSR count). The van der Waals surface area contributed by atoms with E-state index in [1.807, 2.05) is 0 Å². The SMILES string of the molecule is CCN1C[C@]2(C)CC[C@H](OC)[C@]34C5C[C@@H]6CC[C@@](O)(C5C(=O)O6)C(C13)[C@@H](O)C24. The molecule has 7 fully saturated rings. The van der Waals surface area contributed by atoms with E-state index in [9.17, 15) is 15.0 Å². The number of carbonyl (C=O) groups is 1. The summed E-state index contributed by atoms with van der Waals surface area (Å²) in [5.74, 6) is -0.969. The van der Waals surface area contributed by atoms with Gasteiger partial charge in [0.15, 0.2) is 0 Å². The monoisotopic (exact) mass is 391 g/mol. The highest BCUT2D eigenvalue weighted by Crippen LogP contribution is 2.77. The number of fused-ring (bicyclic) bond motifs is 2. The third kappa shape index (κ3) is 1.68. The van der Waals surface area contributed by atoms with Crippen molar-refractivity contribution in [1.82, 2.24) is 4.90 Å². The second-order valence-electron chi connectivity index (χ2n) is 10.8. The first-order valence-corrected chi connectivity index (χ1v) is 11.2. The molecule has 0 radical (unpaired) electrons. The molecule has 0 aromatic carbocycles. The summed E-state index contributed by atoms with van der Waals surface area (Å²) in [6.07, 6.45) is 3.38. The maximum Gasteiger partial charge on any atom is 0.312 e. The number of nitrogens with zero attached hydrogens (tertiary/aromatic N) is 1. The Morgan fingerprint density at radius 1 is 1.32 bits per heavy atom. The van der Waals surface area contributed by atoms with Gasteiger partial charge in [0.05, 0.1) is 23.7 Å². The first-order valence-electron chi connectivity index (χ1n) is 11.2. The maximum absolute atomic E-state index is 13.1. The minimum absolute atomic E-state index is 0.0123. The van der Waals surface area contributed by atoms with E-state index < -0.39 is 17.6 Å². The fourth-order valence-corrected chi connectivity index (χ4v) is 9.64. The Kier molecular flexibility index (Phi) is 3.44. The van der Waals surface area contributed by atoms with Gasteiger partial charge in [-0.25, -0.2) is 0 Å². The summed E-state index contributed by atoms with van der Waals surface area (Å²) in [6.45, 7) is 6.38. The minimum Gasteiger partial charge on any atom is -0.462 e. The highest BCUT2D eigenvalue weighted by Gasteiger charge is 2.84. The normalized spacial score (nSPS) is 61.8. The lowest BCUT2D eigenvalue weighted by Gasteiger charge is -2.69. The van der Waals surface area contributed by atoms with E-state index in [1.54, 1.807) is 7.11 Å². The third-order valence-electron chi connectivity index (χ3n) is 10.1. The van der Waals surface area contributed by atoms with Gasteiger partial charge < -0.3 is 19.7 Å². The smallest absolute Gasteiger partial charge is 0.312 e. The first-order chi connectivity index (χ1) is 13.3. The van der Waals surface area contributed by atoms with Crippen molar-refractivity contribution in [3.8, 4) is 0 Å². The molecule has 156 valence electrons. The van der Waals surface area contributed by atoms with Crippen LogP contribution in [0.25, 0.3) is 0 Å². The molecule has 6 nitrogen and oxygen atoms in total. The van der Waals surface area contributed by atoms with E-state index >= 15 is 0 Å². The lowest BCUT2D eigenvalue weighted by molar-refractivity contribution is -0.269. The number of likely N-dealkylation sites (tertiary alicyclic amines) is 1. The quantitative estimate of drug-likeness (QED) is 0.689. The van der Waals surface area contributed by atoms with Crippen molar-refractivity contribution >= 4 is 5.97 Å². The number of methoxy groups -OCH3 is 1. The number of hydrogen-bond donors (Lipinski definition) is 2. The number of aliphatic hydroxyl groups is 2. The van der Waals surface area contributed by atoms with Crippen molar-refractivity contribution in [2.45, 2.75) is 75.9 Å². The van der Waals surface area contributed by atoms with Crippen LogP contribution in [0.2, 0.25) is 0 Å². The molecular formula is C22H33NO5. The minimum atomic E-state index is -1.17. The summed E-state index contributed by atoms with van der Waals surface area (Å²) in [5, 5.41) is 23.9. The van der Waals surface area contributed by atoms with Gasteiger partial charge in [-0.05, 0) is 50.0 Å². The second kappa shape index (κ2) is 5.32. The van der Waals surface area contributed by atoms with Crippen LogP contribution >= 0.6 is 0 Å². The van der Waals surface area contributed by atoms with Crippen LogP contribution in [0.5, 0.6) is 0 Å². The van der Waals surface area contributed by atoms with Crippen LogP contribution in [0.15, 0.2) is 0 Å². The number of piperidine rings is 1. The number of carbonyl (C=O) groups excluding carboxylic acids is 1. The standard InChI is InChI=1S/C22H33NO5/c1-4-23-10-20(2)7-6-13(27-3)22-12-9-11-5-8-21(26,14(12)19(25)28-11)15(18(22)23)16(24)17(20)22/h11-18,24,26H,4-10H2,1-3H3/t11-,12?,13-,14?,15?,16+,17?,18?,20-,21+,22-/m0/s1. The van der Waals surface area contributed by atoms with E-state index in [2.05, 4.69) is 18.7 Å². The fourth-order valence-electron chi connectivity index (χ4n) is 9.64. The summed E-state index contributed by atoms with van der Waals surface area (Å²) >= 11 is 0. The number of rotatable bonds is 2. The molecule has 0 aromatic rings. The zero-order valence-electron chi connectivity index (χ0n) is 17.1. The number of ether oxygens (including phenoxy) is 2. The van der Waals surface area contributed by atoms with Crippen LogP contribution in [-0.4, -0.2) is 71.2 Å². The second-order valence-corrected chi connectivity index (χ2v) is 10.8. The van der Waals surface area contributed by atoms with Crippen molar-refractivity contribution in [3.63, 3.8) is 0 Å². The molecule has 4 saturated carbocycles. The molecule has 6 heteroatoms. The van der Waals surface area contributed by atoms with Crippen LogP contribution in [0, 0.1) is 34.5 Å². The molecule has 1 spiro atoms. The number of aliphatic hydroxyl groups excluding tert-OH is 1. The molecule has 2 N–H and O–H groups in total. The summed E-state index contributed by atoms with van der Waals surface area (Å²) < 4.78 is 11.9. The molecule has 11 atom stereocenters. The van der Waals surface area contributed by atoms with Crippen LogP contribution in [-0.2, 0) is 14.3 Å². The number of hydrogen-bond acceptors (Lipinski definition) is 6. The lowest BCUT2D eigenvalue weighted by atomic mass is 9.42. The molecule has 3 aliphatic heterocycles. The van der Waals surface area contributed by atoms with Gasteiger partial charge in [-0.3, -0.25) is 9.69 Å². The predicted molar refractivity (Wildman–Crippen MR) is 100 cm³/mol. The van der Waals surface area contributed by atoms with Gasteiger partial charge >= 0.3 is 5.97 Å². The van der Waals surface area contributed by atoms with Crippen molar-refractivity contribution in [2.75, 3.05) is 20.2 Å². The van der Waals surface area contributed by atoms with Crippen LogP contribution in [0.3, 0.4) is 0 Å². The van der Waals surface area contributed by atoms with Gasteiger partial charge in [0.2, 0.25) is 0 Å². The molecular weight excluding hydrogens is 358 g/mol. The molecule has 3 saturated heterocycles. The Morgan fingerprint density at radius 3 is 2.82 bits per heavy atom. The van der Waals surface area contributed by atoms with E-state index in [-0.39, 0.29) is 52.8 Å². The van der Waals surface area contributed by atoms with Gasteiger partial charge in [0.25, 0.3) is 0 Å². The Bertz CT molecular complexity index is 730. The van der Waals surface area contributed by atoms with Crippen molar-refractivity contribution in [2.24, 2.45) is 34.5 Å². The summed E-state index contributed by atoms with van der Waals surface area (Å²) in [6, 6.07) is 0.0757.